The summed E-state index contributed by atoms with van der Waals surface area (Å²) in [7, 11) is 3.50. The zero-order valence-corrected chi connectivity index (χ0v) is 28.4. The third-order valence-corrected chi connectivity index (χ3v) is 9.79. The summed E-state index contributed by atoms with van der Waals surface area (Å²) in [6, 6.07) is 53.1. The van der Waals surface area contributed by atoms with Crippen molar-refractivity contribution < 1.29 is 9.53 Å². The number of rotatable bonds is 9. The Hall–Kier alpha value is -5.39. The molecule has 5 heteroatoms. The van der Waals surface area contributed by atoms with Gasteiger partial charge in [-0.3, -0.25) is 4.79 Å². The van der Waals surface area contributed by atoms with Crippen LogP contribution in [0.25, 0.3) is 33.2 Å². The van der Waals surface area contributed by atoms with Gasteiger partial charge in [0.1, 0.15) is 5.41 Å². The first-order valence-corrected chi connectivity index (χ1v) is 16.8. The number of para-hydroxylation sites is 1. The predicted octanol–water partition coefficient (Wildman–Crippen LogP) is 10.6. The Bertz CT molecular complexity index is 2200. The topological polar surface area (TPSA) is 43.3 Å². The number of aromatic nitrogens is 1. The van der Waals surface area contributed by atoms with Gasteiger partial charge in [-0.1, -0.05) is 133 Å². The normalized spacial score (nSPS) is 13.1. The number of hydrogen-bond acceptors (Lipinski definition) is 3. The molecule has 236 valence electrons. The summed E-state index contributed by atoms with van der Waals surface area (Å²) in [6.07, 6.45) is 2.08. The first kappa shape index (κ1) is 31.2. The molecule has 0 saturated carbocycles. The molecule has 7 aromatic rings. The molecule has 1 N–H and O–H groups in total. The molecule has 0 bridgehead atoms. The van der Waals surface area contributed by atoms with E-state index in [1.807, 2.05) is 85.9 Å². The van der Waals surface area contributed by atoms with Crippen LogP contribution in [0.2, 0.25) is 0 Å². The van der Waals surface area contributed by atoms with Crippen molar-refractivity contribution in [1.82, 2.24) is 4.57 Å². The van der Waals surface area contributed by atoms with Crippen LogP contribution < -0.4 is 5.32 Å². The quantitative estimate of drug-likeness (QED) is 0.153. The molecule has 0 radical (unpaired) electrons. The number of nitrogens with zero attached hydrogens (tertiary/aromatic N) is 1. The van der Waals surface area contributed by atoms with Crippen molar-refractivity contribution in [3.8, 4) is 22.3 Å². The Morgan fingerprint density at radius 1 is 0.688 bits per heavy atom. The van der Waals surface area contributed by atoms with E-state index in [1.165, 1.54) is 7.11 Å². The molecule has 0 aliphatic heterocycles. The van der Waals surface area contributed by atoms with Crippen LogP contribution in [0.5, 0.6) is 0 Å². The number of nitrogens with one attached hydrogen (secondary N) is 1. The van der Waals surface area contributed by atoms with Crippen molar-refractivity contribution in [2.24, 2.45) is 7.05 Å². The zero-order chi connectivity index (χ0) is 33.1. The number of ether oxygens (including phenoxy) is 1. The van der Waals surface area contributed by atoms with E-state index in [0.717, 1.165) is 60.0 Å². The summed E-state index contributed by atoms with van der Waals surface area (Å²) in [5, 5.41) is 4.87. The fourth-order valence-electron chi connectivity index (χ4n) is 6.97. The predicted molar refractivity (Wildman–Crippen MR) is 200 cm³/mol. The Labute approximate surface area is 289 Å². The lowest BCUT2D eigenvalue weighted by molar-refractivity contribution is -0.146. The van der Waals surface area contributed by atoms with Crippen LogP contribution in [-0.2, 0) is 22.0 Å². The van der Waals surface area contributed by atoms with E-state index in [-0.39, 0.29) is 5.97 Å². The fourth-order valence-corrected chi connectivity index (χ4v) is 7.62. The SMILES string of the molecule is COC(=O)[C@](c1ccccc1)(c1cn(C)c2c(Br)cccc12)[C@@H](Nc1cccc(-c2ccccc2)c1)c1cccc(-c2ccccc2)c1. The second-order valence-corrected chi connectivity index (χ2v) is 12.8. The number of benzene rings is 6. The van der Waals surface area contributed by atoms with Gasteiger partial charge in [-0.05, 0) is 73.6 Å². The first-order valence-electron chi connectivity index (χ1n) is 16.0. The van der Waals surface area contributed by atoms with Crippen molar-refractivity contribution in [3.63, 3.8) is 0 Å². The lowest BCUT2D eigenvalue weighted by Gasteiger charge is -2.40. The van der Waals surface area contributed by atoms with Crippen molar-refractivity contribution >= 4 is 38.5 Å². The van der Waals surface area contributed by atoms with E-state index in [9.17, 15) is 4.79 Å². The van der Waals surface area contributed by atoms with Gasteiger partial charge in [0.05, 0.1) is 18.7 Å². The average molecular weight is 692 g/mol. The molecule has 48 heavy (non-hydrogen) atoms. The number of esters is 1. The highest BCUT2D eigenvalue weighted by molar-refractivity contribution is 9.10. The van der Waals surface area contributed by atoms with Gasteiger partial charge in [-0.15, -0.1) is 0 Å². The largest absolute Gasteiger partial charge is 0.468 e. The lowest BCUT2D eigenvalue weighted by atomic mass is 9.66. The molecule has 0 aliphatic carbocycles. The van der Waals surface area contributed by atoms with E-state index in [0.29, 0.717) is 0 Å². The minimum atomic E-state index is -1.31. The Balaban J connectivity index is 1.54. The molecule has 0 spiro atoms. The summed E-state index contributed by atoms with van der Waals surface area (Å²) in [5.41, 5.74) is 7.55. The van der Waals surface area contributed by atoms with Gasteiger partial charge in [0, 0.05) is 34.4 Å². The van der Waals surface area contributed by atoms with E-state index in [2.05, 4.69) is 111 Å². The monoisotopic (exact) mass is 690 g/mol. The summed E-state index contributed by atoms with van der Waals surface area (Å²) in [5.74, 6) is -0.358. The second-order valence-electron chi connectivity index (χ2n) is 12.0. The van der Waals surface area contributed by atoms with Crippen LogP contribution in [0.4, 0.5) is 5.69 Å². The lowest BCUT2D eigenvalue weighted by Crippen LogP contribution is -2.47. The van der Waals surface area contributed by atoms with Gasteiger partial charge < -0.3 is 14.6 Å². The molecule has 2 atom stereocenters. The maximum Gasteiger partial charge on any atom is 0.323 e. The number of hydrogen-bond donors (Lipinski definition) is 1. The van der Waals surface area contributed by atoms with Gasteiger partial charge in [0.2, 0.25) is 0 Å². The number of methoxy groups -OCH3 is 1. The number of carbonyl (C=O) groups is 1. The van der Waals surface area contributed by atoms with Crippen molar-refractivity contribution in [3.05, 3.63) is 185 Å². The highest BCUT2D eigenvalue weighted by atomic mass is 79.9. The minimum Gasteiger partial charge on any atom is -0.468 e. The molecule has 0 saturated heterocycles. The first-order chi connectivity index (χ1) is 23.5. The Kier molecular flexibility index (Phi) is 8.70. The van der Waals surface area contributed by atoms with Crippen molar-refractivity contribution in [1.29, 1.82) is 0 Å². The molecule has 7 rings (SSSR count). The Morgan fingerprint density at radius 3 is 1.90 bits per heavy atom. The van der Waals surface area contributed by atoms with E-state index in [4.69, 9.17) is 4.74 Å². The van der Waals surface area contributed by atoms with E-state index < -0.39 is 11.5 Å². The molecule has 0 fully saturated rings. The molecule has 6 aromatic carbocycles. The number of carbonyl (C=O) groups excluding carboxylic acids is 1. The number of anilines is 1. The van der Waals surface area contributed by atoms with Crippen LogP contribution in [0.3, 0.4) is 0 Å². The maximum atomic E-state index is 14.9. The third kappa shape index (κ3) is 5.61. The van der Waals surface area contributed by atoms with E-state index in [1.54, 1.807) is 0 Å². The fraction of sp³-hybridized carbons (Fsp3) is 0.0930. The molecule has 4 nitrogen and oxygen atoms in total. The minimum absolute atomic E-state index is 0.358. The smallest absolute Gasteiger partial charge is 0.323 e. The molecule has 0 amide bonds. The van der Waals surface area contributed by atoms with Gasteiger partial charge in [0.25, 0.3) is 0 Å². The van der Waals surface area contributed by atoms with Gasteiger partial charge in [0.15, 0.2) is 0 Å². The molecule has 1 aromatic heterocycles. The van der Waals surface area contributed by atoms with Crippen LogP contribution in [0.1, 0.15) is 22.7 Å². The summed E-state index contributed by atoms with van der Waals surface area (Å²) >= 11 is 3.79. The summed E-state index contributed by atoms with van der Waals surface area (Å²) < 4.78 is 8.90. The maximum absolute atomic E-state index is 14.9. The van der Waals surface area contributed by atoms with Crippen LogP contribution in [0, 0.1) is 0 Å². The molecule has 1 heterocycles. The third-order valence-electron chi connectivity index (χ3n) is 9.15. The Morgan fingerprint density at radius 2 is 1.25 bits per heavy atom. The highest BCUT2D eigenvalue weighted by Crippen LogP contribution is 2.50. The number of fused-ring (bicyclic) bond motifs is 1. The summed E-state index contributed by atoms with van der Waals surface area (Å²) in [4.78, 5) is 14.9. The van der Waals surface area contributed by atoms with Crippen LogP contribution in [0.15, 0.2) is 168 Å². The molecular formula is C43H35BrN2O2. The second kappa shape index (κ2) is 13.4. The van der Waals surface area contributed by atoms with Gasteiger partial charge in [-0.25, -0.2) is 0 Å². The van der Waals surface area contributed by atoms with Gasteiger partial charge >= 0.3 is 5.97 Å². The van der Waals surface area contributed by atoms with E-state index >= 15 is 0 Å². The van der Waals surface area contributed by atoms with Crippen molar-refractivity contribution in [2.75, 3.05) is 12.4 Å². The molecule has 0 aliphatic rings. The molecular weight excluding hydrogens is 656 g/mol. The highest BCUT2D eigenvalue weighted by Gasteiger charge is 2.52. The molecule has 0 unspecified atom stereocenters. The summed E-state index contributed by atoms with van der Waals surface area (Å²) in [6.45, 7) is 0. The van der Waals surface area contributed by atoms with Crippen LogP contribution in [-0.4, -0.2) is 17.6 Å². The standard InChI is InChI=1S/C43H35BrN2O2/c1-46-29-38(37-25-14-26-39(44)40(37)46)43(42(47)48-2,35-22-10-5-11-23-35)41(34-21-12-19-32(27-34)30-15-6-3-7-16-30)45-36-24-13-20-33(28-36)31-17-8-4-9-18-31/h3-29,41,45H,1-2H3/t41-,43+/m0/s1. The van der Waals surface area contributed by atoms with Gasteiger partial charge in [-0.2, -0.15) is 0 Å². The van der Waals surface area contributed by atoms with Crippen molar-refractivity contribution in [2.45, 2.75) is 11.5 Å². The number of aryl methyl sites for hydroxylation is 1. The van der Waals surface area contributed by atoms with Crippen LogP contribution >= 0.6 is 15.9 Å². The average Bonchev–Trinajstić information content (AvgIpc) is 3.49. The number of halogens is 1. The zero-order valence-electron chi connectivity index (χ0n) is 26.8.